The summed E-state index contributed by atoms with van der Waals surface area (Å²) in [6.07, 6.45) is 3.71. The molecule has 6 rings (SSSR count). The van der Waals surface area contributed by atoms with Crippen molar-refractivity contribution in [1.82, 2.24) is 20.2 Å². The maximum absolute atomic E-state index is 12.9. The van der Waals surface area contributed by atoms with E-state index in [1.54, 1.807) is 7.11 Å². The monoisotopic (exact) mass is 432 g/mol. The van der Waals surface area contributed by atoms with Crippen LogP contribution in [-0.2, 0) is 10.2 Å². The second kappa shape index (κ2) is 6.42. The number of benzene rings is 2. The average molecular weight is 433 g/mol. The van der Waals surface area contributed by atoms with E-state index < -0.39 is 5.41 Å². The zero-order valence-corrected chi connectivity index (χ0v) is 17.2. The van der Waals surface area contributed by atoms with Gasteiger partial charge in [0.15, 0.2) is 11.6 Å². The van der Waals surface area contributed by atoms with E-state index in [1.807, 2.05) is 24.3 Å². The Bertz CT molecular complexity index is 1370. The van der Waals surface area contributed by atoms with Crippen LogP contribution in [-0.4, -0.2) is 33.2 Å². The fourth-order valence-electron chi connectivity index (χ4n) is 4.56. The van der Waals surface area contributed by atoms with Gasteiger partial charge in [-0.2, -0.15) is 5.10 Å². The van der Waals surface area contributed by atoms with Crippen molar-refractivity contribution in [2.45, 2.75) is 17.8 Å². The summed E-state index contributed by atoms with van der Waals surface area (Å²) in [6.45, 7) is 0. The highest BCUT2D eigenvalue weighted by Gasteiger charge is 2.65. The highest BCUT2D eigenvalue weighted by molar-refractivity contribution is 6.32. The number of methoxy groups -OCH3 is 1. The molecule has 1 aliphatic carbocycles. The molecule has 0 bridgehead atoms. The highest BCUT2D eigenvalue weighted by atomic mass is 35.5. The van der Waals surface area contributed by atoms with Crippen LogP contribution in [0.15, 0.2) is 48.9 Å². The Hall–Kier alpha value is -3.65. The number of fused-ring (bicyclic) bond motifs is 3. The maximum Gasteiger partial charge on any atom is 0.235 e. The number of rotatable bonds is 4. The molecule has 0 saturated heterocycles. The Morgan fingerprint density at radius 2 is 2.13 bits per heavy atom. The minimum Gasteiger partial charge on any atom is -0.497 e. The van der Waals surface area contributed by atoms with Gasteiger partial charge in [0.2, 0.25) is 5.91 Å². The number of hydrogen-bond acceptors (Lipinski definition) is 6. The number of anilines is 3. The van der Waals surface area contributed by atoms with Gasteiger partial charge in [-0.3, -0.25) is 9.89 Å². The Labute approximate surface area is 182 Å². The molecular formula is C22H17ClN6O2. The Kier molecular flexibility index (Phi) is 3.76. The number of amides is 1. The lowest BCUT2D eigenvalue weighted by molar-refractivity contribution is -0.118. The summed E-state index contributed by atoms with van der Waals surface area (Å²) in [4.78, 5) is 20.9. The second-order valence-electron chi connectivity index (χ2n) is 7.82. The van der Waals surface area contributed by atoms with Crippen molar-refractivity contribution >= 4 is 45.7 Å². The van der Waals surface area contributed by atoms with Crippen molar-refractivity contribution in [2.24, 2.45) is 0 Å². The van der Waals surface area contributed by atoms with Crippen LogP contribution in [0.5, 0.6) is 5.75 Å². The van der Waals surface area contributed by atoms with E-state index >= 15 is 0 Å². The van der Waals surface area contributed by atoms with Crippen LogP contribution in [0.1, 0.15) is 23.5 Å². The number of halogens is 1. The van der Waals surface area contributed by atoms with Gasteiger partial charge in [0, 0.05) is 17.0 Å². The summed E-state index contributed by atoms with van der Waals surface area (Å²) in [6, 6.07) is 11.8. The van der Waals surface area contributed by atoms with Crippen LogP contribution in [0.3, 0.4) is 0 Å². The maximum atomic E-state index is 12.9. The van der Waals surface area contributed by atoms with Crippen LogP contribution in [0.25, 0.3) is 10.9 Å². The molecule has 1 fully saturated rings. The fourth-order valence-corrected chi connectivity index (χ4v) is 4.72. The summed E-state index contributed by atoms with van der Waals surface area (Å²) in [7, 11) is 1.63. The molecule has 8 nitrogen and oxygen atoms in total. The summed E-state index contributed by atoms with van der Waals surface area (Å²) in [5.74, 6) is 2.01. The number of aromatic amines is 1. The van der Waals surface area contributed by atoms with Gasteiger partial charge in [0.25, 0.3) is 0 Å². The third kappa shape index (κ3) is 2.61. The molecule has 4 aromatic rings. The lowest BCUT2D eigenvalue weighted by atomic mass is 9.91. The number of aromatic nitrogens is 4. The van der Waals surface area contributed by atoms with Crippen molar-refractivity contribution in [3.8, 4) is 5.75 Å². The number of hydrogen-bond donors (Lipinski definition) is 3. The van der Waals surface area contributed by atoms with Gasteiger partial charge >= 0.3 is 0 Å². The largest absolute Gasteiger partial charge is 0.497 e. The van der Waals surface area contributed by atoms with Crippen LogP contribution < -0.4 is 15.4 Å². The van der Waals surface area contributed by atoms with Crippen LogP contribution in [0.2, 0.25) is 5.02 Å². The zero-order chi connectivity index (χ0) is 21.2. The summed E-state index contributed by atoms with van der Waals surface area (Å²) in [5.41, 5.74) is 3.30. The molecular weight excluding hydrogens is 416 g/mol. The molecule has 154 valence electrons. The van der Waals surface area contributed by atoms with Crippen molar-refractivity contribution in [3.63, 3.8) is 0 Å². The van der Waals surface area contributed by atoms with E-state index in [0.29, 0.717) is 16.7 Å². The molecule has 1 amide bonds. The van der Waals surface area contributed by atoms with Crippen LogP contribution >= 0.6 is 11.6 Å². The van der Waals surface area contributed by atoms with Gasteiger partial charge in [-0.05, 0) is 47.9 Å². The van der Waals surface area contributed by atoms with Crippen LogP contribution in [0, 0.1) is 0 Å². The molecule has 31 heavy (non-hydrogen) atoms. The van der Waals surface area contributed by atoms with Crippen molar-refractivity contribution in [1.29, 1.82) is 0 Å². The SMILES string of the molecule is COc1ccc2c(c1)[C@]1(C[C@H]1c1ccc3c(Nc4ncncc4Cl)n[nH]c3c1)C(=O)N2. The number of nitrogens with one attached hydrogen (secondary N) is 3. The van der Waals surface area contributed by atoms with E-state index in [0.717, 1.165) is 39.9 Å². The topological polar surface area (TPSA) is 105 Å². The third-order valence-corrected chi connectivity index (χ3v) is 6.49. The first-order valence-electron chi connectivity index (χ1n) is 9.80. The third-order valence-electron chi connectivity index (χ3n) is 6.22. The van der Waals surface area contributed by atoms with E-state index in [2.05, 4.69) is 42.9 Å². The fraction of sp³-hybridized carbons (Fsp3) is 0.182. The van der Waals surface area contributed by atoms with Gasteiger partial charge in [-0.15, -0.1) is 0 Å². The lowest BCUT2D eigenvalue weighted by Gasteiger charge is -2.10. The number of nitrogens with zero attached hydrogens (tertiary/aromatic N) is 3. The second-order valence-corrected chi connectivity index (χ2v) is 8.22. The minimum absolute atomic E-state index is 0.0474. The summed E-state index contributed by atoms with van der Waals surface area (Å²) < 4.78 is 5.38. The molecule has 0 unspecified atom stereocenters. The van der Waals surface area contributed by atoms with Gasteiger partial charge < -0.3 is 15.4 Å². The highest BCUT2D eigenvalue weighted by Crippen LogP contribution is 2.65. The van der Waals surface area contributed by atoms with E-state index in [9.17, 15) is 4.79 Å². The molecule has 1 aliphatic heterocycles. The standard InChI is InChI=1S/C22H17ClN6O2/c1-31-12-3-5-17-14(7-12)22(21(30)26-17)8-15(22)11-2-4-13-18(6-11)28-29-19(13)27-20-16(23)9-24-10-25-20/h2-7,9-10,15H,8H2,1H3,(H,26,30)(H2,24,25,27,28,29)/t15-,22-/m0/s1. The zero-order valence-electron chi connectivity index (χ0n) is 16.4. The van der Waals surface area contributed by atoms with Crippen molar-refractivity contribution in [3.05, 3.63) is 65.1 Å². The van der Waals surface area contributed by atoms with E-state index in [1.165, 1.54) is 12.5 Å². The molecule has 9 heteroatoms. The average Bonchev–Trinajstić information content (AvgIpc) is 3.34. The first-order valence-corrected chi connectivity index (χ1v) is 10.2. The number of H-pyrrole nitrogens is 1. The van der Waals surface area contributed by atoms with E-state index in [-0.39, 0.29) is 11.8 Å². The quantitative estimate of drug-likeness (QED) is 0.447. The van der Waals surface area contributed by atoms with Gasteiger partial charge in [0.1, 0.15) is 17.1 Å². The predicted octanol–water partition coefficient (Wildman–Crippen LogP) is 4.14. The minimum atomic E-state index is -0.535. The molecule has 2 aromatic carbocycles. The van der Waals surface area contributed by atoms with Crippen molar-refractivity contribution < 1.29 is 9.53 Å². The summed E-state index contributed by atoms with van der Waals surface area (Å²) in [5, 5.41) is 14.9. The number of carbonyl (C=O) groups is 1. The van der Waals surface area contributed by atoms with Gasteiger partial charge in [0.05, 0.1) is 24.2 Å². The summed E-state index contributed by atoms with van der Waals surface area (Å²) >= 11 is 6.14. The first-order chi connectivity index (χ1) is 15.1. The van der Waals surface area contributed by atoms with E-state index in [4.69, 9.17) is 16.3 Å². The lowest BCUT2D eigenvalue weighted by Crippen LogP contribution is -2.21. The molecule has 2 aromatic heterocycles. The molecule has 2 atom stereocenters. The molecule has 3 heterocycles. The number of carbonyl (C=O) groups excluding carboxylic acids is 1. The van der Waals surface area contributed by atoms with Crippen LogP contribution in [0.4, 0.5) is 17.3 Å². The normalized spacial score (nSPS) is 21.2. The van der Waals surface area contributed by atoms with Crippen molar-refractivity contribution in [2.75, 3.05) is 17.7 Å². The number of ether oxygens (including phenoxy) is 1. The predicted molar refractivity (Wildman–Crippen MR) is 117 cm³/mol. The van der Waals surface area contributed by atoms with Gasteiger partial charge in [-0.1, -0.05) is 17.7 Å². The Balaban J connectivity index is 1.34. The van der Waals surface area contributed by atoms with Gasteiger partial charge in [-0.25, -0.2) is 9.97 Å². The molecule has 2 aliphatic rings. The first kappa shape index (κ1) is 18.1. The smallest absolute Gasteiger partial charge is 0.235 e. The molecule has 1 spiro atoms. The molecule has 1 saturated carbocycles. The Morgan fingerprint density at radius 3 is 2.97 bits per heavy atom. The Morgan fingerprint density at radius 1 is 1.23 bits per heavy atom. The molecule has 3 N–H and O–H groups in total. The molecule has 0 radical (unpaired) electrons.